The van der Waals surface area contributed by atoms with Crippen LogP contribution in [-0.4, -0.2) is 24.4 Å². The Morgan fingerprint density at radius 1 is 1.56 bits per heavy atom. The van der Waals surface area contributed by atoms with Gasteiger partial charge in [0.1, 0.15) is 0 Å². The van der Waals surface area contributed by atoms with Gasteiger partial charge in [-0.05, 0) is 18.8 Å². The zero-order valence-corrected chi connectivity index (χ0v) is 10.7. The Labute approximate surface area is 100 Å². The highest BCUT2D eigenvalue weighted by Crippen LogP contribution is 2.31. The van der Waals surface area contributed by atoms with Crippen molar-refractivity contribution in [3.05, 3.63) is 11.1 Å². The van der Waals surface area contributed by atoms with Crippen molar-refractivity contribution in [2.45, 2.75) is 38.6 Å². The Morgan fingerprint density at radius 3 is 3.00 bits per heavy atom. The number of nitrogens with zero attached hydrogens (tertiary/aromatic N) is 2. The molecule has 1 heterocycles. The predicted octanol–water partition coefficient (Wildman–Crippen LogP) is 2.97. The van der Waals surface area contributed by atoms with E-state index < -0.39 is 0 Å². The lowest BCUT2D eigenvalue weighted by Gasteiger charge is -2.33. The molecule has 0 aliphatic heterocycles. The van der Waals surface area contributed by atoms with Crippen LogP contribution in [0.25, 0.3) is 0 Å². The first-order chi connectivity index (χ1) is 7.70. The van der Waals surface area contributed by atoms with E-state index in [1.165, 1.54) is 37.0 Å². The summed E-state index contributed by atoms with van der Waals surface area (Å²) in [7, 11) is 2.09. The summed E-state index contributed by atoms with van der Waals surface area (Å²) in [6.07, 6.45) is 7.68. The molecule has 1 saturated carbocycles. The first kappa shape index (κ1) is 11.6. The number of carbonyl (C=O) groups excluding carboxylic acids is 1. The summed E-state index contributed by atoms with van der Waals surface area (Å²) < 4.78 is 0. The van der Waals surface area contributed by atoms with Crippen LogP contribution in [0.1, 0.15) is 42.3 Å². The lowest BCUT2D eigenvalue weighted by Crippen LogP contribution is -2.35. The third-order valence-corrected chi connectivity index (χ3v) is 4.40. The van der Waals surface area contributed by atoms with E-state index in [0.717, 1.165) is 17.3 Å². The number of aldehydes is 1. The lowest BCUT2D eigenvalue weighted by molar-refractivity contribution is 0.112. The summed E-state index contributed by atoms with van der Waals surface area (Å²) in [5.41, 5.74) is 0. The van der Waals surface area contributed by atoms with Crippen LogP contribution in [0.4, 0.5) is 5.13 Å². The van der Waals surface area contributed by atoms with E-state index in [2.05, 4.69) is 23.9 Å². The van der Waals surface area contributed by atoms with Gasteiger partial charge in [0, 0.05) is 13.1 Å². The lowest BCUT2D eigenvalue weighted by atomic mass is 9.86. The molecule has 1 aromatic rings. The second-order valence-corrected chi connectivity index (χ2v) is 5.74. The van der Waals surface area contributed by atoms with Crippen LogP contribution < -0.4 is 4.90 Å². The van der Waals surface area contributed by atoms with E-state index in [1.807, 2.05) is 0 Å². The quantitative estimate of drug-likeness (QED) is 0.759. The predicted molar refractivity (Wildman–Crippen MR) is 67.3 cm³/mol. The molecule has 2 rings (SSSR count). The molecule has 4 heteroatoms. The second-order valence-electron chi connectivity index (χ2n) is 4.70. The van der Waals surface area contributed by atoms with E-state index in [1.54, 1.807) is 6.20 Å². The molecular weight excluding hydrogens is 220 g/mol. The van der Waals surface area contributed by atoms with Gasteiger partial charge < -0.3 is 4.90 Å². The summed E-state index contributed by atoms with van der Waals surface area (Å²) in [5.74, 6) is 0.812. The third-order valence-electron chi connectivity index (χ3n) is 3.39. The monoisotopic (exact) mass is 238 g/mol. The van der Waals surface area contributed by atoms with E-state index >= 15 is 0 Å². The first-order valence-corrected chi connectivity index (χ1v) is 6.66. The highest BCUT2D eigenvalue weighted by molar-refractivity contribution is 7.17. The van der Waals surface area contributed by atoms with Crippen LogP contribution in [0.5, 0.6) is 0 Å². The highest BCUT2D eigenvalue weighted by atomic mass is 32.1. The number of aromatic nitrogens is 1. The van der Waals surface area contributed by atoms with Crippen LogP contribution in [0.15, 0.2) is 6.20 Å². The van der Waals surface area contributed by atoms with Crippen LogP contribution >= 0.6 is 11.3 Å². The molecule has 1 fully saturated rings. The zero-order chi connectivity index (χ0) is 11.5. The molecule has 0 N–H and O–H groups in total. The average Bonchev–Trinajstić information content (AvgIpc) is 2.76. The van der Waals surface area contributed by atoms with Gasteiger partial charge in [0.2, 0.25) is 0 Å². The Morgan fingerprint density at radius 2 is 2.38 bits per heavy atom. The Hall–Kier alpha value is -0.900. The molecule has 0 bridgehead atoms. The van der Waals surface area contributed by atoms with Gasteiger partial charge in [0.25, 0.3) is 0 Å². The molecule has 0 spiro atoms. The topological polar surface area (TPSA) is 33.2 Å². The van der Waals surface area contributed by atoms with E-state index in [-0.39, 0.29) is 0 Å². The van der Waals surface area contributed by atoms with Crippen molar-refractivity contribution in [3.63, 3.8) is 0 Å². The smallest absolute Gasteiger partial charge is 0.185 e. The van der Waals surface area contributed by atoms with Gasteiger partial charge in [-0.25, -0.2) is 4.98 Å². The van der Waals surface area contributed by atoms with Crippen molar-refractivity contribution < 1.29 is 4.79 Å². The van der Waals surface area contributed by atoms with Crippen molar-refractivity contribution in [1.82, 2.24) is 4.98 Å². The van der Waals surface area contributed by atoms with E-state index in [0.29, 0.717) is 10.9 Å². The molecule has 1 aliphatic rings. The Balaban J connectivity index is 2.05. The highest BCUT2D eigenvalue weighted by Gasteiger charge is 2.23. The number of hydrogen-bond acceptors (Lipinski definition) is 4. The molecule has 0 aromatic carbocycles. The normalized spacial score (nSPS) is 25.4. The number of carbonyl (C=O) groups is 1. The van der Waals surface area contributed by atoms with Crippen molar-refractivity contribution in [1.29, 1.82) is 0 Å². The molecule has 0 amide bonds. The minimum absolute atomic E-state index is 0.592. The summed E-state index contributed by atoms with van der Waals surface area (Å²) in [6.45, 7) is 2.32. The third kappa shape index (κ3) is 2.43. The number of hydrogen-bond donors (Lipinski definition) is 0. The number of anilines is 1. The fourth-order valence-electron chi connectivity index (χ4n) is 2.40. The number of rotatable bonds is 3. The van der Waals surface area contributed by atoms with Crippen molar-refractivity contribution in [2.75, 3.05) is 11.9 Å². The van der Waals surface area contributed by atoms with Crippen molar-refractivity contribution >= 4 is 22.8 Å². The van der Waals surface area contributed by atoms with E-state index in [9.17, 15) is 4.79 Å². The van der Waals surface area contributed by atoms with Crippen molar-refractivity contribution in [3.8, 4) is 0 Å². The molecule has 1 aromatic heterocycles. The molecule has 1 aliphatic carbocycles. The standard InChI is InChI=1S/C12H18N2OS/c1-9-4-3-5-10(6-9)14(2)12-13-7-11(8-15)16-12/h7-10H,3-6H2,1-2H3. The molecule has 16 heavy (non-hydrogen) atoms. The van der Waals surface area contributed by atoms with Crippen molar-refractivity contribution in [2.24, 2.45) is 5.92 Å². The Kier molecular flexibility index (Phi) is 3.59. The molecule has 88 valence electrons. The second kappa shape index (κ2) is 4.95. The van der Waals surface area contributed by atoms with Crippen LogP contribution in [0, 0.1) is 5.92 Å². The first-order valence-electron chi connectivity index (χ1n) is 5.84. The van der Waals surface area contributed by atoms with Gasteiger partial charge in [-0.2, -0.15) is 0 Å². The fraction of sp³-hybridized carbons (Fsp3) is 0.667. The average molecular weight is 238 g/mol. The van der Waals surface area contributed by atoms with Gasteiger partial charge >= 0.3 is 0 Å². The molecule has 0 saturated heterocycles. The molecule has 2 atom stereocenters. The van der Waals surface area contributed by atoms with Crippen LogP contribution in [0.3, 0.4) is 0 Å². The minimum atomic E-state index is 0.592. The van der Waals surface area contributed by atoms with E-state index in [4.69, 9.17) is 0 Å². The maximum Gasteiger partial charge on any atom is 0.185 e. The summed E-state index contributed by atoms with van der Waals surface area (Å²) in [4.78, 5) is 17.9. The number of thiazole rings is 1. The summed E-state index contributed by atoms with van der Waals surface area (Å²) >= 11 is 1.48. The largest absolute Gasteiger partial charge is 0.348 e. The zero-order valence-electron chi connectivity index (χ0n) is 9.85. The molecule has 2 unspecified atom stereocenters. The maximum absolute atomic E-state index is 10.6. The van der Waals surface area contributed by atoms with Gasteiger partial charge in [0.15, 0.2) is 11.4 Å². The SMILES string of the molecule is CC1CCCC(N(C)c2ncc(C=O)s2)C1. The van der Waals surface area contributed by atoms with Gasteiger partial charge in [0.05, 0.1) is 11.1 Å². The minimum Gasteiger partial charge on any atom is -0.348 e. The molecular formula is C12H18N2OS. The molecule has 3 nitrogen and oxygen atoms in total. The van der Waals surface area contributed by atoms with Gasteiger partial charge in [-0.1, -0.05) is 31.1 Å². The van der Waals surface area contributed by atoms with Gasteiger partial charge in [-0.3, -0.25) is 4.79 Å². The van der Waals surface area contributed by atoms with Gasteiger partial charge in [-0.15, -0.1) is 0 Å². The maximum atomic E-state index is 10.6. The summed E-state index contributed by atoms with van der Waals surface area (Å²) in [5, 5.41) is 0.973. The van der Waals surface area contributed by atoms with Crippen LogP contribution in [0.2, 0.25) is 0 Å². The Bertz CT molecular complexity index is 364. The summed E-state index contributed by atoms with van der Waals surface area (Å²) in [6, 6.07) is 0.592. The van der Waals surface area contributed by atoms with Crippen LogP contribution in [-0.2, 0) is 0 Å². The molecule has 0 radical (unpaired) electrons. The fourth-order valence-corrected chi connectivity index (χ4v) is 3.17.